The molecule has 0 bridgehead atoms. The first-order valence-electron chi connectivity index (χ1n) is 6.59. The maximum atomic E-state index is 13.2. The van der Waals surface area contributed by atoms with Crippen molar-refractivity contribution in [3.8, 4) is 0 Å². The van der Waals surface area contributed by atoms with Crippen molar-refractivity contribution in [2.75, 3.05) is 18.9 Å². The topological polar surface area (TPSA) is 49.5 Å². The van der Waals surface area contributed by atoms with Gasteiger partial charge < -0.3 is 10.8 Å². The zero-order valence-corrected chi connectivity index (χ0v) is 10.6. The number of nitrogens with two attached hydrogens (primary N) is 1. The third-order valence-electron chi connectivity index (χ3n) is 3.71. The summed E-state index contributed by atoms with van der Waals surface area (Å²) in [6, 6.07) is 4.98. The van der Waals surface area contributed by atoms with Crippen molar-refractivity contribution in [3.63, 3.8) is 0 Å². The Hall–Kier alpha value is -1.13. The molecule has 0 spiro atoms. The van der Waals surface area contributed by atoms with Crippen molar-refractivity contribution in [2.24, 2.45) is 0 Å². The molecule has 2 rings (SSSR count). The predicted molar refractivity (Wildman–Crippen MR) is 70.6 cm³/mol. The Bertz CT molecular complexity index is 391. The fraction of sp³-hybridized carbons (Fsp3) is 0.571. The monoisotopic (exact) mass is 252 g/mol. The van der Waals surface area contributed by atoms with Crippen LogP contribution < -0.4 is 5.73 Å². The summed E-state index contributed by atoms with van der Waals surface area (Å²) >= 11 is 0. The van der Waals surface area contributed by atoms with Gasteiger partial charge in [0.15, 0.2) is 0 Å². The van der Waals surface area contributed by atoms with Gasteiger partial charge in [-0.15, -0.1) is 0 Å². The van der Waals surface area contributed by atoms with Gasteiger partial charge in [-0.2, -0.15) is 0 Å². The number of hydrogen-bond acceptors (Lipinski definition) is 3. The molecule has 1 aliphatic carbocycles. The van der Waals surface area contributed by atoms with Crippen LogP contribution in [0.15, 0.2) is 18.2 Å². The lowest BCUT2D eigenvalue weighted by atomic mass is 10.1. The number of benzene rings is 1. The first-order chi connectivity index (χ1) is 8.70. The number of anilines is 1. The Morgan fingerprint density at radius 3 is 2.72 bits per heavy atom. The van der Waals surface area contributed by atoms with Crippen LogP contribution >= 0.6 is 0 Å². The van der Waals surface area contributed by atoms with Gasteiger partial charge in [0.25, 0.3) is 0 Å². The number of nitrogen functional groups attached to an aromatic ring is 1. The molecule has 0 radical (unpaired) electrons. The van der Waals surface area contributed by atoms with Gasteiger partial charge in [-0.1, -0.05) is 12.8 Å². The highest BCUT2D eigenvalue weighted by molar-refractivity contribution is 5.46. The number of hydrogen-bond donors (Lipinski definition) is 2. The molecule has 0 saturated heterocycles. The second kappa shape index (κ2) is 6.16. The Morgan fingerprint density at radius 1 is 1.33 bits per heavy atom. The van der Waals surface area contributed by atoms with E-state index in [0.717, 1.165) is 18.4 Å². The van der Waals surface area contributed by atoms with E-state index in [1.54, 1.807) is 6.07 Å². The predicted octanol–water partition coefficient (Wildman–Crippen LogP) is 2.14. The smallest absolute Gasteiger partial charge is 0.123 e. The summed E-state index contributed by atoms with van der Waals surface area (Å²) in [6.45, 7) is 1.38. The summed E-state index contributed by atoms with van der Waals surface area (Å²) < 4.78 is 13.2. The molecule has 0 atom stereocenters. The van der Waals surface area contributed by atoms with Gasteiger partial charge in [0.05, 0.1) is 6.61 Å². The molecule has 18 heavy (non-hydrogen) atoms. The molecule has 0 aliphatic heterocycles. The molecule has 1 saturated carbocycles. The minimum atomic E-state index is -0.255. The van der Waals surface area contributed by atoms with Crippen molar-refractivity contribution in [1.82, 2.24) is 4.90 Å². The van der Waals surface area contributed by atoms with E-state index in [4.69, 9.17) is 10.8 Å². The van der Waals surface area contributed by atoms with Crippen LogP contribution in [0.3, 0.4) is 0 Å². The highest BCUT2D eigenvalue weighted by atomic mass is 19.1. The molecule has 3 N–H and O–H groups in total. The summed E-state index contributed by atoms with van der Waals surface area (Å²) in [4.78, 5) is 2.22. The number of aliphatic hydroxyl groups is 1. The molecule has 1 fully saturated rings. The first kappa shape index (κ1) is 13.3. The van der Waals surface area contributed by atoms with Crippen LogP contribution in [0.5, 0.6) is 0 Å². The Kier molecular flexibility index (Phi) is 4.55. The average molecular weight is 252 g/mol. The molecule has 3 nitrogen and oxygen atoms in total. The summed E-state index contributed by atoms with van der Waals surface area (Å²) in [7, 11) is 0. The molecule has 0 aromatic heterocycles. The molecular formula is C14H21FN2O. The van der Waals surface area contributed by atoms with Crippen molar-refractivity contribution in [2.45, 2.75) is 38.3 Å². The number of rotatable bonds is 5. The maximum absolute atomic E-state index is 13.2. The Morgan fingerprint density at radius 2 is 2.06 bits per heavy atom. The van der Waals surface area contributed by atoms with Crippen LogP contribution in [0.2, 0.25) is 0 Å². The van der Waals surface area contributed by atoms with E-state index < -0.39 is 0 Å². The summed E-state index contributed by atoms with van der Waals surface area (Å²) in [5.41, 5.74) is 7.31. The van der Waals surface area contributed by atoms with Crippen molar-refractivity contribution >= 4 is 5.69 Å². The number of halogens is 1. The van der Waals surface area contributed by atoms with E-state index in [1.165, 1.54) is 25.0 Å². The van der Waals surface area contributed by atoms with Crippen LogP contribution in [0.4, 0.5) is 10.1 Å². The molecule has 100 valence electrons. The van der Waals surface area contributed by atoms with Gasteiger partial charge in [0, 0.05) is 24.8 Å². The maximum Gasteiger partial charge on any atom is 0.123 e. The van der Waals surface area contributed by atoms with Crippen LogP contribution in [-0.4, -0.2) is 29.2 Å². The van der Waals surface area contributed by atoms with Gasteiger partial charge in [0.2, 0.25) is 0 Å². The van der Waals surface area contributed by atoms with E-state index in [1.807, 2.05) is 0 Å². The Labute approximate surface area is 107 Å². The quantitative estimate of drug-likeness (QED) is 0.789. The zero-order chi connectivity index (χ0) is 13.0. The van der Waals surface area contributed by atoms with Crippen molar-refractivity contribution < 1.29 is 9.50 Å². The molecule has 1 aromatic rings. The minimum Gasteiger partial charge on any atom is -0.398 e. The Balaban J connectivity index is 2.09. The van der Waals surface area contributed by atoms with Gasteiger partial charge in [0.1, 0.15) is 5.82 Å². The highest BCUT2D eigenvalue weighted by Crippen LogP contribution is 2.26. The molecule has 0 unspecified atom stereocenters. The molecule has 1 aromatic carbocycles. The summed E-state index contributed by atoms with van der Waals surface area (Å²) in [5.74, 6) is -0.255. The van der Waals surface area contributed by atoms with Crippen LogP contribution in [0.1, 0.15) is 31.2 Å². The SMILES string of the molecule is Nc1ccc(F)cc1CN(CCO)C1CCCC1. The van der Waals surface area contributed by atoms with Gasteiger partial charge in [-0.25, -0.2) is 4.39 Å². The third kappa shape index (κ3) is 3.21. The van der Waals surface area contributed by atoms with Gasteiger partial charge >= 0.3 is 0 Å². The second-order valence-corrected chi connectivity index (χ2v) is 4.98. The van der Waals surface area contributed by atoms with E-state index in [-0.39, 0.29) is 12.4 Å². The molecule has 0 amide bonds. The molecule has 0 heterocycles. The highest BCUT2D eigenvalue weighted by Gasteiger charge is 2.22. The van der Waals surface area contributed by atoms with Crippen LogP contribution in [-0.2, 0) is 6.54 Å². The third-order valence-corrected chi connectivity index (χ3v) is 3.71. The lowest BCUT2D eigenvalue weighted by molar-refractivity contribution is 0.145. The van der Waals surface area contributed by atoms with E-state index in [2.05, 4.69) is 4.90 Å². The van der Waals surface area contributed by atoms with Crippen molar-refractivity contribution in [3.05, 3.63) is 29.6 Å². The lowest BCUT2D eigenvalue weighted by Crippen LogP contribution is -2.35. The minimum absolute atomic E-state index is 0.131. The largest absolute Gasteiger partial charge is 0.398 e. The fourth-order valence-electron chi connectivity index (χ4n) is 2.72. The van der Waals surface area contributed by atoms with Gasteiger partial charge in [-0.05, 0) is 36.6 Å². The van der Waals surface area contributed by atoms with Crippen LogP contribution in [0.25, 0.3) is 0 Å². The summed E-state index contributed by atoms with van der Waals surface area (Å²) in [6.07, 6.45) is 4.81. The first-order valence-corrected chi connectivity index (χ1v) is 6.59. The van der Waals surface area contributed by atoms with E-state index in [0.29, 0.717) is 24.8 Å². The lowest BCUT2D eigenvalue weighted by Gasteiger charge is -2.28. The number of nitrogens with zero attached hydrogens (tertiary/aromatic N) is 1. The zero-order valence-electron chi connectivity index (χ0n) is 10.6. The standard InChI is InChI=1S/C14H21FN2O/c15-12-5-6-14(16)11(9-12)10-17(7-8-18)13-3-1-2-4-13/h5-6,9,13,18H,1-4,7-8,10,16H2. The van der Waals surface area contributed by atoms with E-state index in [9.17, 15) is 4.39 Å². The number of aliphatic hydroxyl groups excluding tert-OH is 1. The van der Waals surface area contributed by atoms with Crippen LogP contribution in [0, 0.1) is 5.82 Å². The normalized spacial score (nSPS) is 16.6. The average Bonchev–Trinajstić information content (AvgIpc) is 2.87. The molecular weight excluding hydrogens is 231 g/mol. The van der Waals surface area contributed by atoms with Crippen molar-refractivity contribution in [1.29, 1.82) is 0 Å². The summed E-state index contributed by atoms with van der Waals surface area (Å²) in [5, 5.41) is 9.15. The molecule has 1 aliphatic rings. The molecule has 4 heteroatoms. The second-order valence-electron chi connectivity index (χ2n) is 4.98. The van der Waals surface area contributed by atoms with E-state index >= 15 is 0 Å². The van der Waals surface area contributed by atoms with Gasteiger partial charge in [-0.3, -0.25) is 4.90 Å². The fourth-order valence-corrected chi connectivity index (χ4v) is 2.72.